The molecule has 0 saturated carbocycles. The van der Waals surface area contributed by atoms with E-state index < -0.39 is 10.0 Å². The largest absolute Gasteiger partial charge is 0.264 e. The molecule has 0 unspecified atom stereocenters. The first-order chi connectivity index (χ1) is 11.0. The first-order valence-electron chi connectivity index (χ1n) is 7.02. The molecule has 118 valence electrons. The van der Waals surface area contributed by atoms with Gasteiger partial charge in [-0.3, -0.25) is 9.29 Å². The molecule has 0 bridgehead atoms. The molecule has 6 nitrogen and oxygen atoms in total. The third-order valence-electron chi connectivity index (χ3n) is 3.32. The molecular weight excluding hydrogens is 312 g/mol. The molecule has 2 aromatic heterocycles. The van der Waals surface area contributed by atoms with Gasteiger partial charge in [0.25, 0.3) is 0 Å². The summed E-state index contributed by atoms with van der Waals surface area (Å²) < 4.78 is 27.4. The second-order valence-electron chi connectivity index (χ2n) is 5.06. The Kier molecular flexibility index (Phi) is 4.12. The number of rotatable bonds is 5. The number of nitrogens with zero attached hydrogens (tertiary/aromatic N) is 4. The van der Waals surface area contributed by atoms with E-state index in [-0.39, 0.29) is 6.54 Å². The van der Waals surface area contributed by atoms with E-state index in [1.54, 1.807) is 41.3 Å². The lowest BCUT2D eigenvalue weighted by Gasteiger charge is -2.22. The monoisotopic (exact) mass is 328 g/mol. The second kappa shape index (κ2) is 6.21. The molecule has 0 radical (unpaired) electrons. The Hall–Kier alpha value is -2.67. The van der Waals surface area contributed by atoms with Crippen molar-refractivity contribution >= 4 is 15.7 Å². The fourth-order valence-corrected chi connectivity index (χ4v) is 3.11. The van der Waals surface area contributed by atoms with Gasteiger partial charge < -0.3 is 0 Å². The second-order valence-corrected chi connectivity index (χ2v) is 6.97. The summed E-state index contributed by atoms with van der Waals surface area (Å²) in [6, 6.07) is 14.5. The van der Waals surface area contributed by atoms with Gasteiger partial charge >= 0.3 is 0 Å². The van der Waals surface area contributed by atoms with Crippen molar-refractivity contribution in [2.45, 2.75) is 6.54 Å². The first-order valence-corrected chi connectivity index (χ1v) is 8.86. The predicted molar refractivity (Wildman–Crippen MR) is 88.8 cm³/mol. The molecule has 0 saturated heterocycles. The third-order valence-corrected chi connectivity index (χ3v) is 4.46. The van der Waals surface area contributed by atoms with Gasteiger partial charge in [-0.25, -0.2) is 13.1 Å². The van der Waals surface area contributed by atoms with Crippen molar-refractivity contribution in [3.8, 4) is 5.69 Å². The highest BCUT2D eigenvalue weighted by atomic mass is 32.2. The summed E-state index contributed by atoms with van der Waals surface area (Å²) in [5.74, 6) is 0. The number of benzene rings is 1. The van der Waals surface area contributed by atoms with Crippen LogP contribution >= 0.6 is 0 Å². The Labute approximate surface area is 135 Å². The SMILES string of the molecule is CS(=O)(=O)N(Cc1ccccn1)c1cccc(-n2cccn2)c1. The molecule has 1 aromatic carbocycles. The Morgan fingerprint density at radius 1 is 1.09 bits per heavy atom. The molecular formula is C16H16N4O2S. The van der Waals surface area contributed by atoms with Crippen LogP contribution in [0.25, 0.3) is 5.69 Å². The summed E-state index contributed by atoms with van der Waals surface area (Å²) >= 11 is 0. The Morgan fingerprint density at radius 2 is 1.96 bits per heavy atom. The summed E-state index contributed by atoms with van der Waals surface area (Å²) in [7, 11) is -3.44. The van der Waals surface area contributed by atoms with Gasteiger partial charge in [-0.1, -0.05) is 12.1 Å². The molecule has 7 heteroatoms. The van der Waals surface area contributed by atoms with Crippen molar-refractivity contribution in [1.29, 1.82) is 0 Å². The van der Waals surface area contributed by atoms with Crippen LogP contribution in [-0.2, 0) is 16.6 Å². The fraction of sp³-hybridized carbons (Fsp3) is 0.125. The van der Waals surface area contributed by atoms with Crippen LogP contribution in [0.15, 0.2) is 67.1 Å². The minimum atomic E-state index is -3.44. The van der Waals surface area contributed by atoms with Crippen molar-refractivity contribution in [1.82, 2.24) is 14.8 Å². The predicted octanol–water partition coefficient (Wildman–Crippen LogP) is 2.23. The lowest BCUT2D eigenvalue weighted by molar-refractivity contribution is 0.596. The van der Waals surface area contributed by atoms with Gasteiger partial charge in [-0.15, -0.1) is 0 Å². The zero-order chi connectivity index (χ0) is 16.3. The number of anilines is 1. The average molecular weight is 328 g/mol. The Morgan fingerprint density at radius 3 is 2.61 bits per heavy atom. The number of aromatic nitrogens is 3. The van der Waals surface area contributed by atoms with Crippen molar-refractivity contribution in [3.63, 3.8) is 0 Å². The number of sulfonamides is 1. The maximum Gasteiger partial charge on any atom is 0.232 e. The van der Waals surface area contributed by atoms with Gasteiger partial charge in [0, 0.05) is 18.6 Å². The Bertz CT molecular complexity index is 877. The standard InChI is InChI=1S/C16H16N4O2S/c1-23(21,22)20(13-14-6-2-3-9-17-14)16-8-4-7-15(12-16)19-11-5-10-18-19/h2-12H,13H2,1H3. The van der Waals surface area contributed by atoms with Crippen molar-refractivity contribution in [3.05, 3.63) is 72.8 Å². The van der Waals surface area contributed by atoms with Crippen LogP contribution in [0.3, 0.4) is 0 Å². The van der Waals surface area contributed by atoms with Gasteiger partial charge in [0.05, 0.1) is 29.9 Å². The van der Waals surface area contributed by atoms with Crippen LogP contribution in [0, 0.1) is 0 Å². The third kappa shape index (κ3) is 3.57. The highest BCUT2D eigenvalue weighted by Gasteiger charge is 2.19. The van der Waals surface area contributed by atoms with Crippen molar-refractivity contribution in [2.24, 2.45) is 0 Å². The van der Waals surface area contributed by atoms with Crippen LogP contribution in [-0.4, -0.2) is 29.4 Å². The summed E-state index contributed by atoms with van der Waals surface area (Å²) in [5.41, 5.74) is 2.05. The topological polar surface area (TPSA) is 68.1 Å². The molecule has 0 amide bonds. The van der Waals surface area contributed by atoms with E-state index in [0.29, 0.717) is 11.4 Å². The number of hydrogen-bond acceptors (Lipinski definition) is 4. The molecule has 0 spiro atoms. The van der Waals surface area contributed by atoms with Gasteiger partial charge in [0.15, 0.2) is 0 Å². The average Bonchev–Trinajstić information content (AvgIpc) is 3.07. The summed E-state index contributed by atoms with van der Waals surface area (Å²) in [6.07, 6.45) is 6.32. The van der Waals surface area contributed by atoms with E-state index >= 15 is 0 Å². The summed E-state index contributed by atoms with van der Waals surface area (Å²) in [4.78, 5) is 4.21. The molecule has 3 rings (SSSR count). The van der Waals surface area contributed by atoms with Crippen LogP contribution in [0.1, 0.15) is 5.69 Å². The summed E-state index contributed by atoms with van der Waals surface area (Å²) in [5, 5.41) is 4.17. The Balaban J connectivity index is 1.99. The van der Waals surface area contributed by atoms with Gasteiger partial charge in [0.1, 0.15) is 0 Å². The van der Waals surface area contributed by atoms with Crippen LogP contribution in [0.4, 0.5) is 5.69 Å². The van der Waals surface area contributed by atoms with E-state index in [1.807, 2.05) is 30.5 Å². The van der Waals surface area contributed by atoms with Crippen molar-refractivity contribution in [2.75, 3.05) is 10.6 Å². The highest BCUT2D eigenvalue weighted by molar-refractivity contribution is 7.92. The summed E-state index contributed by atoms with van der Waals surface area (Å²) in [6.45, 7) is 0.183. The minimum Gasteiger partial charge on any atom is -0.264 e. The van der Waals surface area contributed by atoms with E-state index in [2.05, 4.69) is 10.1 Å². The number of hydrogen-bond donors (Lipinski definition) is 0. The first kappa shape index (κ1) is 15.2. The van der Waals surface area contributed by atoms with E-state index in [9.17, 15) is 8.42 Å². The van der Waals surface area contributed by atoms with E-state index in [0.717, 1.165) is 5.69 Å². The number of pyridine rings is 1. The van der Waals surface area contributed by atoms with E-state index in [1.165, 1.54) is 10.6 Å². The lowest BCUT2D eigenvalue weighted by Crippen LogP contribution is -2.29. The van der Waals surface area contributed by atoms with Crippen LogP contribution in [0.5, 0.6) is 0 Å². The zero-order valence-electron chi connectivity index (χ0n) is 12.6. The van der Waals surface area contributed by atoms with Gasteiger partial charge in [0.2, 0.25) is 10.0 Å². The molecule has 3 aromatic rings. The quantitative estimate of drug-likeness (QED) is 0.720. The minimum absolute atomic E-state index is 0.183. The highest BCUT2D eigenvalue weighted by Crippen LogP contribution is 2.22. The molecule has 0 aliphatic heterocycles. The molecule has 2 heterocycles. The fourth-order valence-electron chi connectivity index (χ4n) is 2.25. The maximum absolute atomic E-state index is 12.2. The maximum atomic E-state index is 12.2. The molecule has 0 fully saturated rings. The molecule has 23 heavy (non-hydrogen) atoms. The van der Waals surface area contributed by atoms with Crippen LogP contribution < -0.4 is 4.31 Å². The molecule has 0 aliphatic rings. The van der Waals surface area contributed by atoms with Gasteiger partial charge in [-0.05, 0) is 36.4 Å². The normalized spacial score (nSPS) is 11.3. The van der Waals surface area contributed by atoms with Crippen molar-refractivity contribution < 1.29 is 8.42 Å². The lowest BCUT2D eigenvalue weighted by atomic mass is 10.2. The molecule has 0 atom stereocenters. The zero-order valence-corrected chi connectivity index (χ0v) is 13.4. The van der Waals surface area contributed by atoms with Gasteiger partial charge in [-0.2, -0.15) is 5.10 Å². The van der Waals surface area contributed by atoms with E-state index in [4.69, 9.17) is 0 Å². The molecule has 0 N–H and O–H groups in total. The smallest absolute Gasteiger partial charge is 0.232 e. The van der Waals surface area contributed by atoms with Crippen LogP contribution in [0.2, 0.25) is 0 Å². The molecule has 0 aliphatic carbocycles.